The summed E-state index contributed by atoms with van der Waals surface area (Å²) in [7, 11) is 0. The summed E-state index contributed by atoms with van der Waals surface area (Å²) in [5, 5.41) is 18.4. The van der Waals surface area contributed by atoms with Gasteiger partial charge in [-0.2, -0.15) is 5.10 Å². The highest BCUT2D eigenvalue weighted by atomic mass is 35.5. The Morgan fingerprint density at radius 1 is 1.48 bits per heavy atom. The number of nitrogens with one attached hydrogen (secondary N) is 3. The van der Waals surface area contributed by atoms with E-state index >= 15 is 0 Å². The molecule has 0 aliphatic carbocycles. The van der Waals surface area contributed by atoms with Crippen LogP contribution in [0.1, 0.15) is 12.0 Å². The summed E-state index contributed by atoms with van der Waals surface area (Å²) in [6.45, 7) is 5.62. The number of halogens is 1. The van der Waals surface area contributed by atoms with Crippen molar-refractivity contribution in [3.63, 3.8) is 0 Å². The Labute approximate surface area is 156 Å². The largest absolute Gasteiger partial charge is 0.370 e. The first-order valence-corrected chi connectivity index (χ1v) is 8.77. The van der Waals surface area contributed by atoms with Crippen molar-refractivity contribution in [3.05, 3.63) is 38.9 Å². The molecule has 8 nitrogen and oxygen atoms in total. The molecular weight excluding hydrogens is 366 g/mol. The smallest absolute Gasteiger partial charge is 0.288 e. The van der Waals surface area contributed by atoms with Crippen LogP contribution < -0.4 is 15.6 Å². The number of hydrogen-bond acceptors (Lipinski definition) is 5. The fourth-order valence-electron chi connectivity index (χ4n) is 2.41. The van der Waals surface area contributed by atoms with Crippen molar-refractivity contribution in [1.29, 1.82) is 0 Å². The monoisotopic (exact) mass is 386 g/mol. The van der Waals surface area contributed by atoms with Gasteiger partial charge < -0.3 is 15.0 Å². The molecule has 2 rings (SSSR count). The second kappa shape index (κ2) is 10.2. The van der Waals surface area contributed by atoms with Gasteiger partial charge in [0.25, 0.3) is 5.69 Å². The van der Waals surface area contributed by atoms with Crippen LogP contribution in [0.3, 0.4) is 0 Å². The summed E-state index contributed by atoms with van der Waals surface area (Å²) >= 11 is 10.9. The van der Waals surface area contributed by atoms with Gasteiger partial charge in [-0.1, -0.05) is 17.7 Å². The van der Waals surface area contributed by atoms with E-state index in [1.165, 1.54) is 18.3 Å². The van der Waals surface area contributed by atoms with Crippen LogP contribution in [0.15, 0.2) is 23.3 Å². The van der Waals surface area contributed by atoms with E-state index in [0.717, 1.165) is 45.8 Å². The number of nitrogens with zero attached hydrogens (tertiary/aromatic N) is 2. The van der Waals surface area contributed by atoms with Crippen molar-refractivity contribution in [3.8, 4) is 0 Å². The summed E-state index contributed by atoms with van der Waals surface area (Å²) in [6.07, 6.45) is 2.46. The second-order valence-electron chi connectivity index (χ2n) is 5.56. The normalized spacial score (nSPS) is 15.2. The molecule has 3 N–H and O–H groups in total. The molecule has 0 radical (unpaired) electrons. The van der Waals surface area contributed by atoms with Gasteiger partial charge in [-0.25, -0.2) is 0 Å². The quantitative estimate of drug-likeness (QED) is 0.206. The van der Waals surface area contributed by atoms with Gasteiger partial charge in [0.1, 0.15) is 18.1 Å². The number of nitro benzene ring substituents is 1. The average molecular weight is 387 g/mol. The van der Waals surface area contributed by atoms with Crippen LogP contribution in [0.2, 0.25) is 5.02 Å². The molecule has 1 aromatic carbocycles. The number of ether oxygens (including phenoxy) is 1. The van der Waals surface area contributed by atoms with Crippen molar-refractivity contribution in [2.75, 3.05) is 39.4 Å². The van der Waals surface area contributed by atoms with Gasteiger partial charge in [0.2, 0.25) is 0 Å². The number of hydrazone groups is 1. The highest BCUT2D eigenvalue weighted by Crippen LogP contribution is 2.24. The summed E-state index contributed by atoms with van der Waals surface area (Å²) in [4.78, 5) is 11.9. The zero-order chi connectivity index (χ0) is 18.1. The van der Waals surface area contributed by atoms with Crippen LogP contribution >= 0.6 is 23.8 Å². The molecular formula is C15H21ClN5O3S+. The fourth-order valence-corrected chi connectivity index (χ4v) is 2.75. The number of thiocarbonyl (C=S) groups is 1. The fraction of sp³-hybridized carbons (Fsp3) is 0.467. The van der Waals surface area contributed by atoms with Crippen molar-refractivity contribution < 1.29 is 14.6 Å². The zero-order valence-corrected chi connectivity index (χ0v) is 15.2. The molecule has 1 heterocycles. The Hall–Kier alpha value is -1.81. The van der Waals surface area contributed by atoms with Crippen molar-refractivity contribution in [2.45, 2.75) is 6.42 Å². The van der Waals surface area contributed by atoms with E-state index in [1.807, 2.05) is 0 Å². The van der Waals surface area contributed by atoms with Crippen molar-refractivity contribution >= 4 is 40.8 Å². The molecule has 1 aliphatic heterocycles. The highest BCUT2D eigenvalue weighted by molar-refractivity contribution is 7.80. The standard InChI is InChI=1S/C15H20ClN5O3S/c16-13-3-2-12(10-14(13)21(22)23)11-18-19-15(25)17-4-1-5-20-6-8-24-9-7-20/h2-3,10-11H,1,4-9H2,(H2,17,19,25)/p+1/b18-11-. The van der Waals surface area contributed by atoms with E-state index in [0.29, 0.717) is 10.7 Å². The van der Waals surface area contributed by atoms with E-state index in [4.69, 9.17) is 28.6 Å². The number of benzene rings is 1. The Morgan fingerprint density at radius 2 is 2.24 bits per heavy atom. The maximum atomic E-state index is 10.8. The lowest BCUT2D eigenvalue weighted by atomic mass is 10.2. The summed E-state index contributed by atoms with van der Waals surface area (Å²) in [5.41, 5.74) is 3.10. The maximum absolute atomic E-state index is 10.8. The molecule has 0 amide bonds. The topological polar surface area (TPSA) is 93.2 Å². The van der Waals surface area contributed by atoms with Crippen LogP contribution in [0, 0.1) is 10.1 Å². The van der Waals surface area contributed by atoms with Crippen molar-refractivity contribution in [1.82, 2.24) is 10.7 Å². The van der Waals surface area contributed by atoms with E-state index in [9.17, 15) is 10.1 Å². The third-order valence-electron chi connectivity index (χ3n) is 3.74. The third-order valence-corrected chi connectivity index (χ3v) is 4.29. The molecule has 0 saturated carbocycles. The van der Waals surface area contributed by atoms with Gasteiger partial charge >= 0.3 is 0 Å². The molecule has 25 heavy (non-hydrogen) atoms. The molecule has 0 bridgehead atoms. The first-order valence-electron chi connectivity index (χ1n) is 7.98. The molecule has 1 fully saturated rings. The van der Waals surface area contributed by atoms with Crippen LogP contribution in [0.5, 0.6) is 0 Å². The minimum Gasteiger partial charge on any atom is -0.370 e. The number of hydrogen-bond donors (Lipinski definition) is 3. The molecule has 136 valence electrons. The highest BCUT2D eigenvalue weighted by Gasteiger charge is 2.13. The van der Waals surface area contributed by atoms with Gasteiger partial charge in [0.05, 0.1) is 30.9 Å². The lowest BCUT2D eigenvalue weighted by Gasteiger charge is -2.23. The molecule has 1 aromatic rings. The lowest BCUT2D eigenvalue weighted by Crippen LogP contribution is -3.14. The Morgan fingerprint density at radius 3 is 2.96 bits per heavy atom. The van der Waals surface area contributed by atoms with Crippen LogP contribution in [0.25, 0.3) is 0 Å². The Bertz CT molecular complexity index is 638. The minimum absolute atomic E-state index is 0.0923. The van der Waals surface area contributed by atoms with E-state index in [-0.39, 0.29) is 10.7 Å². The molecule has 0 spiro atoms. The molecule has 0 atom stereocenters. The Balaban J connectivity index is 1.68. The van der Waals surface area contributed by atoms with E-state index < -0.39 is 4.92 Å². The van der Waals surface area contributed by atoms with Gasteiger partial charge in [-0.15, -0.1) is 0 Å². The predicted molar refractivity (Wildman–Crippen MR) is 100 cm³/mol. The first-order chi connectivity index (χ1) is 12.1. The van der Waals surface area contributed by atoms with Gasteiger partial charge in [0, 0.05) is 24.6 Å². The summed E-state index contributed by atoms with van der Waals surface area (Å²) in [5.74, 6) is 0. The van der Waals surface area contributed by atoms with Crippen molar-refractivity contribution in [2.24, 2.45) is 5.10 Å². The number of quaternary nitrogens is 1. The lowest BCUT2D eigenvalue weighted by molar-refractivity contribution is -0.908. The number of rotatable bonds is 7. The van der Waals surface area contributed by atoms with Gasteiger partial charge in [-0.05, 0) is 18.3 Å². The SMILES string of the molecule is O=[N+]([O-])c1cc(/C=N\NC(=S)NCCC[NH+]2CCOCC2)ccc1Cl. The summed E-state index contributed by atoms with van der Waals surface area (Å²) < 4.78 is 5.32. The second-order valence-corrected chi connectivity index (χ2v) is 6.38. The molecule has 1 saturated heterocycles. The Kier molecular flexibility index (Phi) is 7.99. The van der Waals surface area contributed by atoms with Crippen LogP contribution in [-0.4, -0.2) is 55.6 Å². The molecule has 0 aromatic heterocycles. The zero-order valence-electron chi connectivity index (χ0n) is 13.7. The average Bonchev–Trinajstić information content (AvgIpc) is 2.61. The van der Waals surface area contributed by atoms with E-state index in [1.54, 1.807) is 11.0 Å². The predicted octanol–water partition coefficient (Wildman–Crippen LogP) is 0.351. The first kappa shape index (κ1) is 19.5. The van der Waals surface area contributed by atoms with Gasteiger partial charge in [0.15, 0.2) is 5.11 Å². The molecule has 1 aliphatic rings. The van der Waals surface area contributed by atoms with Crippen LogP contribution in [-0.2, 0) is 4.74 Å². The molecule has 10 heteroatoms. The van der Waals surface area contributed by atoms with Gasteiger partial charge in [-0.3, -0.25) is 15.5 Å². The minimum atomic E-state index is -0.532. The van der Waals surface area contributed by atoms with Crippen LogP contribution in [0.4, 0.5) is 5.69 Å². The number of nitro groups is 1. The number of morpholine rings is 1. The summed E-state index contributed by atoms with van der Waals surface area (Å²) in [6, 6.07) is 4.46. The van der Waals surface area contributed by atoms with E-state index in [2.05, 4.69) is 15.8 Å². The third kappa shape index (κ3) is 6.91. The maximum Gasteiger partial charge on any atom is 0.288 e. The molecule has 0 unspecified atom stereocenters.